The van der Waals surface area contributed by atoms with Gasteiger partial charge in [-0.05, 0) is 13.8 Å². The van der Waals surface area contributed by atoms with Crippen molar-refractivity contribution in [3.05, 3.63) is 22.4 Å². The average molecular weight is 284 g/mol. The van der Waals surface area contributed by atoms with Crippen LogP contribution in [0.3, 0.4) is 0 Å². The van der Waals surface area contributed by atoms with E-state index in [-0.39, 0.29) is 12.0 Å². The van der Waals surface area contributed by atoms with E-state index >= 15 is 0 Å². The van der Waals surface area contributed by atoms with Crippen molar-refractivity contribution in [1.29, 1.82) is 0 Å². The second kappa shape index (κ2) is 5.87. The molecule has 96 valence electrons. The zero-order valence-corrected chi connectivity index (χ0v) is 11.5. The zero-order chi connectivity index (χ0) is 13.0. The number of carbonyl (C=O) groups is 1. The van der Waals surface area contributed by atoms with Crippen molar-refractivity contribution in [2.75, 3.05) is 11.9 Å². The molecule has 0 aliphatic carbocycles. The Morgan fingerprint density at radius 1 is 1.61 bits per heavy atom. The Morgan fingerprint density at radius 3 is 3.11 bits per heavy atom. The molecule has 2 heterocycles. The lowest BCUT2D eigenvalue weighted by atomic mass is 10.3. The predicted molar refractivity (Wildman–Crippen MR) is 70.0 cm³/mol. The molecule has 0 radical (unpaired) electrons. The SMILES string of the molecule is CCOC(=O)c1csc(C(C)Nc2ncns2)n1. The lowest BCUT2D eigenvalue weighted by molar-refractivity contribution is 0.0520. The van der Waals surface area contributed by atoms with Crippen LogP contribution in [0.4, 0.5) is 5.13 Å². The summed E-state index contributed by atoms with van der Waals surface area (Å²) < 4.78 is 8.80. The first-order valence-corrected chi connectivity index (χ1v) is 7.01. The molecule has 0 aliphatic rings. The fourth-order valence-electron chi connectivity index (χ4n) is 1.27. The first-order chi connectivity index (χ1) is 8.70. The number of hydrogen-bond acceptors (Lipinski definition) is 8. The predicted octanol–water partition coefficient (Wildman–Crippen LogP) is 2.34. The zero-order valence-electron chi connectivity index (χ0n) is 9.91. The van der Waals surface area contributed by atoms with Gasteiger partial charge in [-0.25, -0.2) is 14.8 Å². The van der Waals surface area contributed by atoms with Crippen molar-refractivity contribution in [3.8, 4) is 0 Å². The van der Waals surface area contributed by atoms with Gasteiger partial charge in [-0.1, -0.05) is 0 Å². The van der Waals surface area contributed by atoms with E-state index in [0.29, 0.717) is 12.3 Å². The van der Waals surface area contributed by atoms with E-state index in [0.717, 1.165) is 10.1 Å². The third kappa shape index (κ3) is 3.02. The Labute approximate surface area is 112 Å². The normalized spacial score (nSPS) is 12.1. The van der Waals surface area contributed by atoms with Gasteiger partial charge in [-0.3, -0.25) is 0 Å². The summed E-state index contributed by atoms with van der Waals surface area (Å²) in [6, 6.07) is -0.0221. The van der Waals surface area contributed by atoms with Gasteiger partial charge < -0.3 is 10.1 Å². The first kappa shape index (κ1) is 12.9. The monoisotopic (exact) mass is 284 g/mol. The maximum absolute atomic E-state index is 11.5. The number of thiazole rings is 1. The fourth-order valence-corrected chi connectivity index (χ4v) is 2.58. The van der Waals surface area contributed by atoms with Gasteiger partial charge in [0.05, 0.1) is 12.6 Å². The summed E-state index contributed by atoms with van der Waals surface area (Å²) in [5.41, 5.74) is 0.350. The van der Waals surface area contributed by atoms with E-state index in [1.165, 1.54) is 29.2 Å². The third-order valence-corrected chi connectivity index (χ3v) is 3.70. The fraction of sp³-hybridized carbons (Fsp3) is 0.400. The highest BCUT2D eigenvalue weighted by Crippen LogP contribution is 2.23. The van der Waals surface area contributed by atoms with Crippen LogP contribution >= 0.6 is 22.9 Å². The topological polar surface area (TPSA) is 77.0 Å². The summed E-state index contributed by atoms with van der Waals surface area (Å²) >= 11 is 2.70. The summed E-state index contributed by atoms with van der Waals surface area (Å²) in [7, 11) is 0. The van der Waals surface area contributed by atoms with Crippen LogP contribution in [0.2, 0.25) is 0 Å². The molecule has 1 unspecified atom stereocenters. The molecule has 2 aromatic rings. The lowest BCUT2D eigenvalue weighted by Crippen LogP contribution is -2.08. The number of nitrogens with one attached hydrogen (secondary N) is 1. The molecule has 0 aliphatic heterocycles. The Hall–Kier alpha value is -1.54. The van der Waals surface area contributed by atoms with Gasteiger partial charge in [0.1, 0.15) is 11.3 Å². The maximum atomic E-state index is 11.5. The van der Waals surface area contributed by atoms with Gasteiger partial charge in [0.15, 0.2) is 5.69 Å². The third-order valence-electron chi connectivity index (χ3n) is 2.08. The number of carbonyl (C=O) groups excluding carboxylic acids is 1. The van der Waals surface area contributed by atoms with E-state index in [9.17, 15) is 4.79 Å². The maximum Gasteiger partial charge on any atom is 0.357 e. The molecule has 0 saturated carbocycles. The summed E-state index contributed by atoms with van der Waals surface area (Å²) in [5.74, 6) is -0.386. The second-order valence-corrected chi connectivity index (χ2v) is 5.07. The Kier molecular flexibility index (Phi) is 4.21. The van der Waals surface area contributed by atoms with Gasteiger partial charge in [0, 0.05) is 16.9 Å². The molecule has 2 rings (SSSR count). The number of anilines is 1. The molecular formula is C10H12N4O2S2. The second-order valence-electron chi connectivity index (χ2n) is 3.40. The van der Waals surface area contributed by atoms with Crippen molar-refractivity contribution in [2.45, 2.75) is 19.9 Å². The van der Waals surface area contributed by atoms with Crippen LogP contribution in [-0.4, -0.2) is 26.9 Å². The van der Waals surface area contributed by atoms with Crippen LogP contribution in [0.1, 0.15) is 35.4 Å². The number of aromatic nitrogens is 3. The molecule has 1 atom stereocenters. The number of esters is 1. The number of nitrogens with zero attached hydrogens (tertiary/aromatic N) is 3. The molecule has 0 saturated heterocycles. The number of rotatable bonds is 5. The molecule has 2 aromatic heterocycles. The highest BCUT2D eigenvalue weighted by Gasteiger charge is 2.16. The van der Waals surface area contributed by atoms with Gasteiger partial charge in [0.2, 0.25) is 5.13 Å². The van der Waals surface area contributed by atoms with Crippen LogP contribution < -0.4 is 5.32 Å². The van der Waals surface area contributed by atoms with E-state index in [4.69, 9.17) is 4.74 Å². The van der Waals surface area contributed by atoms with Crippen molar-refractivity contribution in [2.24, 2.45) is 0 Å². The van der Waals surface area contributed by atoms with Crippen LogP contribution in [-0.2, 0) is 4.74 Å². The number of hydrogen-bond donors (Lipinski definition) is 1. The molecule has 18 heavy (non-hydrogen) atoms. The molecule has 0 spiro atoms. The molecule has 0 amide bonds. The summed E-state index contributed by atoms with van der Waals surface area (Å²) in [6.45, 7) is 4.07. The molecule has 0 fully saturated rings. The van der Waals surface area contributed by atoms with E-state index < -0.39 is 0 Å². The van der Waals surface area contributed by atoms with Gasteiger partial charge in [0.25, 0.3) is 0 Å². The molecule has 1 N–H and O–H groups in total. The van der Waals surface area contributed by atoms with Crippen LogP contribution in [0.25, 0.3) is 0 Å². The Morgan fingerprint density at radius 2 is 2.44 bits per heavy atom. The molecule has 8 heteroatoms. The first-order valence-electron chi connectivity index (χ1n) is 5.36. The van der Waals surface area contributed by atoms with Crippen LogP contribution in [0.15, 0.2) is 11.7 Å². The molecule has 6 nitrogen and oxygen atoms in total. The van der Waals surface area contributed by atoms with Crippen LogP contribution in [0, 0.1) is 0 Å². The highest BCUT2D eigenvalue weighted by molar-refractivity contribution is 7.10. The molecule has 0 aromatic carbocycles. The van der Waals surface area contributed by atoms with E-state index in [2.05, 4.69) is 19.7 Å². The van der Waals surface area contributed by atoms with Crippen molar-refractivity contribution >= 4 is 34.0 Å². The number of ether oxygens (including phenoxy) is 1. The van der Waals surface area contributed by atoms with Gasteiger partial charge in [-0.15, -0.1) is 11.3 Å². The quantitative estimate of drug-likeness (QED) is 0.849. The standard InChI is InChI=1S/C10H12N4O2S2/c1-3-16-9(15)7-4-17-8(14-7)6(2)13-10-11-5-12-18-10/h4-6H,3H2,1-2H3,(H,11,12,13). The van der Waals surface area contributed by atoms with Gasteiger partial charge >= 0.3 is 5.97 Å². The van der Waals surface area contributed by atoms with Gasteiger partial charge in [-0.2, -0.15) is 4.37 Å². The van der Waals surface area contributed by atoms with Crippen molar-refractivity contribution < 1.29 is 9.53 Å². The lowest BCUT2D eigenvalue weighted by Gasteiger charge is -2.08. The molecular weight excluding hydrogens is 272 g/mol. The Balaban J connectivity index is 2.03. The van der Waals surface area contributed by atoms with E-state index in [1.54, 1.807) is 12.3 Å². The Bertz CT molecular complexity index is 512. The minimum Gasteiger partial charge on any atom is -0.461 e. The van der Waals surface area contributed by atoms with Crippen molar-refractivity contribution in [3.63, 3.8) is 0 Å². The van der Waals surface area contributed by atoms with E-state index in [1.807, 2.05) is 6.92 Å². The largest absolute Gasteiger partial charge is 0.461 e. The van der Waals surface area contributed by atoms with Crippen LogP contribution in [0.5, 0.6) is 0 Å². The average Bonchev–Trinajstić information content (AvgIpc) is 2.99. The summed E-state index contributed by atoms with van der Waals surface area (Å²) in [6.07, 6.45) is 1.49. The summed E-state index contributed by atoms with van der Waals surface area (Å²) in [5, 5.41) is 6.41. The minimum atomic E-state index is -0.386. The molecule has 0 bridgehead atoms. The minimum absolute atomic E-state index is 0.0221. The van der Waals surface area contributed by atoms with Crippen molar-refractivity contribution in [1.82, 2.24) is 14.3 Å². The smallest absolute Gasteiger partial charge is 0.357 e. The highest BCUT2D eigenvalue weighted by atomic mass is 32.1. The summed E-state index contributed by atoms with van der Waals surface area (Å²) in [4.78, 5) is 19.8.